The Bertz CT molecular complexity index is 798. The van der Waals surface area contributed by atoms with E-state index in [-0.39, 0.29) is 25.7 Å². The molecule has 0 saturated carbocycles. The van der Waals surface area contributed by atoms with Gasteiger partial charge in [-0.15, -0.1) is 0 Å². The van der Waals surface area contributed by atoms with Gasteiger partial charge in [-0.1, -0.05) is 77.0 Å². The Hall–Kier alpha value is -2.02. The monoisotopic (exact) mass is 409 g/mol. The van der Waals surface area contributed by atoms with Crippen LogP contribution in [0.15, 0.2) is 30.3 Å². The van der Waals surface area contributed by atoms with Gasteiger partial charge in [-0.25, -0.2) is 4.68 Å². The van der Waals surface area contributed by atoms with Crippen LogP contribution in [-0.4, -0.2) is 51.6 Å². The minimum atomic E-state index is -0.229. The Morgan fingerprint density at radius 2 is 1.60 bits per heavy atom. The number of nitrogens with zero attached hydrogens (tertiary/aromatic N) is 7. The number of hydrogen-bond donors (Lipinski definition) is 0. The number of fused-ring (bicyclic) bond motifs is 3. The van der Waals surface area contributed by atoms with Crippen LogP contribution in [0.25, 0.3) is 0 Å². The first-order valence-corrected chi connectivity index (χ1v) is 11.6. The zero-order valence-corrected chi connectivity index (χ0v) is 19.8. The lowest BCUT2D eigenvalue weighted by Gasteiger charge is -2.55. The van der Waals surface area contributed by atoms with Crippen LogP contribution in [0.5, 0.6) is 0 Å². The predicted molar refractivity (Wildman–Crippen MR) is 128 cm³/mol. The molecule has 30 heavy (non-hydrogen) atoms. The second-order valence-corrected chi connectivity index (χ2v) is 8.98. The molecule has 0 amide bonds. The third-order valence-electron chi connectivity index (χ3n) is 6.23. The van der Waals surface area contributed by atoms with E-state index in [0.717, 1.165) is 12.5 Å². The van der Waals surface area contributed by atoms with Crippen LogP contribution in [0.2, 0.25) is 13.6 Å². The van der Waals surface area contributed by atoms with Crippen LogP contribution in [0.3, 0.4) is 0 Å². The van der Waals surface area contributed by atoms with Crippen molar-refractivity contribution in [3.63, 3.8) is 0 Å². The molecule has 3 heterocycles. The molecule has 1 atom stereocenters. The van der Waals surface area contributed by atoms with Gasteiger partial charge in [0.05, 0.1) is 5.54 Å². The number of anilines is 2. The molecule has 2 aromatic rings. The molecule has 7 nitrogen and oxygen atoms in total. The van der Waals surface area contributed by atoms with Gasteiger partial charge in [-0.2, -0.15) is 0 Å². The first kappa shape index (κ1) is 22.7. The molecule has 1 fully saturated rings. The van der Waals surface area contributed by atoms with Gasteiger partial charge in [0.25, 0.3) is 0 Å². The minimum Gasteiger partial charge on any atom is -0.381 e. The molecule has 0 radical (unpaired) electrons. The number of rotatable bonds is 5. The van der Waals surface area contributed by atoms with Crippen molar-refractivity contribution in [1.82, 2.24) is 24.9 Å². The molecule has 9 heteroatoms. The molecule has 2 aliphatic rings. The summed E-state index contributed by atoms with van der Waals surface area (Å²) in [6, 6.07) is 10.7. The lowest BCUT2D eigenvalue weighted by molar-refractivity contribution is 0.292. The highest BCUT2D eigenvalue weighted by molar-refractivity contribution is 6.77. The summed E-state index contributed by atoms with van der Waals surface area (Å²) in [7, 11) is 0. The summed E-state index contributed by atoms with van der Waals surface area (Å²) in [5.41, 5.74) is 1.01. The van der Waals surface area contributed by atoms with Crippen molar-refractivity contribution >= 4 is 25.6 Å². The van der Waals surface area contributed by atoms with Gasteiger partial charge in [-0.3, -0.25) is 0 Å². The number of unbranched alkanes of at least 4 members (excludes halogenated alkanes) is 2. The Morgan fingerprint density at radius 3 is 2.23 bits per heavy atom. The Kier molecular flexibility index (Phi) is 7.11. The maximum atomic E-state index is 4.39. The third kappa shape index (κ3) is 3.84. The largest absolute Gasteiger partial charge is 0.381 e. The summed E-state index contributed by atoms with van der Waals surface area (Å²) in [4.78, 5) is 4.93. The summed E-state index contributed by atoms with van der Waals surface area (Å²) >= 11 is 0. The van der Waals surface area contributed by atoms with E-state index in [9.17, 15) is 0 Å². The van der Waals surface area contributed by atoms with Crippen molar-refractivity contribution in [2.24, 2.45) is 0 Å². The standard InChI is InChI=1S/C18H29B2N7.C3H8/c1-6-7-11-14-24-19(4)25(15-12-9-8-10-13-15)16-18(2,3)27-17(21-22-23-27)26(16)20(24)5;1-3-2/h8-10,12-13,16H,6-7,11,14H2,1-5H3;3H2,1-2H3. The highest BCUT2D eigenvalue weighted by Gasteiger charge is 2.58. The highest BCUT2D eigenvalue weighted by atomic mass is 15.7. The Balaban J connectivity index is 0.000000806. The molecule has 0 aliphatic carbocycles. The van der Waals surface area contributed by atoms with Crippen molar-refractivity contribution in [1.29, 1.82) is 0 Å². The molecule has 0 bridgehead atoms. The van der Waals surface area contributed by atoms with E-state index < -0.39 is 0 Å². The summed E-state index contributed by atoms with van der Waals surface area (Å²) in [6.07, 6.45) is 5.09. The number of para-hydroxylation sites is 1. The molecule has 162 valence electrons. The summed E-state index contributed by atoms with van der Waals surface area (Å²) in [6.45, 7) is 17.2. The Morgan fingerprint density at radius 1 is 0.967 bits per heavy atom. The second kappa shape index (κ2) is 9.41. The van der Waals surface area contributed by atoms with Crippen LogP contribution < -0.4 is 9.62 Å². The minimum absolute atomic E-state index is 0.144. The predicted octanol–water partition coefficient (Wildman–Crippen LogP) is 4.22. The van der Waals surface area contributed by atoms with Gasteiger partial charge < -0.3 is 14.3 Å². The van der Waals surface area contributed by atoms with Crippen molar-refractivity contribution in [3.8, 4) is 0 Å². The van der Waals surface area contributed by atoms with Gasteiger partial charge in [0.2, 0.25) is 5.95 Å². The fourth-order valence-corrected chi connectivity index (χ4v) is 4.83. The first-order valence-electron chi connectivity index (χ1n) is 11.6. The normalized spacial score (nSPS) is 20.0. The Labute approximate surface area is 183 Å². The molecule has 1 aromatic heterocycles. The van der Waals surface area contributed by atoms with Crippen molar-refractivity contribution in [2.45, 2.75) is 85.7 Å². The quantitative estimate of drug-likeness (QED) is 0.545. The molecular formula is C21H37B2N7. The fourth-order valence-electron chi connectivity index (χ4n) is 4.83. The van der Waals surface area contributed by atoms with Crippen LogP contribution in [-0.2, 0) is 5.54 Å². The summed E-state index contributed by atoms with van der Waals surface area (Å²) in [5, 5.41) is 12.7. The SMILES string of the molecule is CCC.CCCCCN1B(C)N(c2ccccc2)C2N(B1C)c1nnnn1C2(C)C. The van der Waals surface area contributed by atoms with E-state index in [0.29, 0.717) is 0 Å². The maximum absolute atomic E-state index is 4.39. The van der Waals surface area contributed by atoms with E-state index in [1.54, 1.807) is 0 Å². The smallest absolute Gasteiger partial charge is 0.334 e. The highest BCUT2D eigenvalue weighted by Crippen LogP contribution is 2.44. The average Bonchev–Trinajstić information content (AvgIpc) is 3.28. The number of aromatic nitrogens is 4. The van der Waals surface area contributed by atoms with E-state index >= 15 is 0 Å². The van der Waals surface area contributed by atoms with Crippen LogP contribution in [0.1, 0.15) is 60.3 Å². The van der Waals surface area contributed by atoms with Crippen molar-refractivity contribution in [2.75, 3.05) is 16.2 Å². The van der Waals surface area contributed by atoms with E-state index in [4.69, 9.17) is 0 Å². The summed E-state index contributed by atoms with van der Waals surface area (Å²) in [5.74, 6) is 0.867. The number of benzene rings is 1. The lowest BCUT2D eigenvalue weighted by Crippen LogP contribution is -2.76. The van der Waals surface area contributed by atoms with Gasteiger partial charge in [0.15, 0.2) is 0 Å². The van der Waals surface area contributed by atoms with Crippen LogP contribution >= 0.6 is 0 Å². The number of tetrazole rings is 1. The van der Waals surface area contributed by atoms with Crippen molar-refractivity contribution in [3.05, 3.63) is 30.3 Å². The van der Waals surface area contributed by atoms with Crippen LogP contribution in [0, 0.1) is 0 Å². The topological polar surface area (TPSA) is 53.3 Å². The molecule has 0 N–H and O–H groups in total. The van der Waals surface area contributed by atoms with Gasteiger partial charge >= 0.3 is 14.0 Å². The number of hydrogen-bond acceptors (Lipinski definition) is 6. The van der Waals surface area contributed by atoms with Crippen molar-refractivity contribution < 1.29 is 0 Å². The molecule has 1 saturated heterocycles. The third-order valence-corrected chi connectivity index (χ3v) is 6.23. The average molecular weight is 409 g/mol. The van der Waals surface area contributed by atoms with Gasteiger partial charge in [0.1, 0.15) is 6.17 Å². The molecule has 1 aromatic carbocycles. The molecule has 2 aliphatic heterocycles. The zero-order valence-electron chi connectivity index (χ0n) is 19.8. The van der Waals surface area contributed by atoms with E-state index in [1.165, 1.54) is 31.4 Å². The molecule has 4 rings (SSSR count). The molecular weight excluding hydrogens is 372 g/mol. The fraction of sp³-hybridized carbons (Fsp3) is 0.667. The van der Waals surface area contributed by atoms with Gasteiger partial charge in [-0.05, 0) is 49.4 Å². The maximum Gasteiger partial charge on any atom is 0.334 e. The first-order chi connectivity index (χ1) is 14.4. The summed E-state index contributed by atoms with van der Waals surface area (Å²) < 4.78 is 4.58. The lowest BCUT2D eigenvalue weighted by atomic mass is 9.55. The molecule has 1 unspecified atom stereocenters. The zero-order chi connectivity index (χ0) is 21.9. The second-order valence-electron chi connectivity index (χ2n) is 8.98. The molecule has 0 spiro atoms. The van der Waals surface area contributed by atoms with Gasteiger partial charge in [0, 0.05) is 5.69 Å². The van der Waals surface area contributed by atoms with E-state index in [2.05, 4.69) is 108 Å². The van der Waals surface area contributed by atoms with E-state index in [1.807, 2.05) is 4.68 Å². The van der Waals surface area contributed by atoms with Crippen LogP contribution in [0.4, 0.5) is 11.6 Å².